The minimum absolute atomic E-state index is 0.0587. The third-order valence-corrected chi connectivity index (χ3v) is 3.23. The van der Waals surface area contributed by atoms with E-state index in [0.29, 0.717) is 11.3 Å². The summed E-state index contributed by atoms with van der Waals surface area (Å²) in [4.78, 5) is 25.5. The van der Waals surface area contributed by atoms with Gasteiger partial charge in [-0.25, -0.2) is 0 Å². The van der Waals surface area contributed by atoms with Crippen LogP contribution in [0.4, 0.5) is 0 Å². The maximum Gasteiger partial charge on any atom is 0.310 e. The average molecular weight is 323 g/mol. The Bertz CT molecular complexity index is 512. The third-order valence-electron chi connectivity index (χ3n) is 3.23. The molecule has 6 nitrogen and oxygen atoms in total. The van der Waals surface area contributed by atoms with Gasteiger partial charge < -0.3 is 19.5 Å². The molecule has 0 saturated heterocycles. The lowest BCUT2D eigenvalue weighted by atomic mass is 10.1. The number of hydrogen-bond acceptors (Lipinski definition) is 5. The summed E-state index contributed by atoms with van der Waals surface area (Å²) >= 11 is 0. The fourth-order valence-electron chi connectivity index (χ4n) is 2.13. The maximum absolute atomic E-state index is 12.5. The zero-order valence-corrected chi connectivity index (χ0v) is 14.1. The summed E-state index contributed by atoms with van der Waals surface area (Å²) in [6, 6.07) is 6.81. The summed E-state index contributed by atoms with van der Waals surface area (Å²) in [6.45, 7) is 5.71. The molecule has 128 valence electrons. The van der Waals surface area contributed by atoms with Gasteiger partial charge in [-0.15, -0.1) is 0 Å². The number of rotatable bonds is 8. The zero-order chi connectivity index (χ0) is 17.4. The number of ether oxygens (including phenoxy) is 2. The van der Waals surface area contributed by atoms with Crippen LogP contribution in [0.2, 0.25) is 0 Å². The van der Waals surface area contributed by atoms with Crippen LogP contribution in [0.3, 0.4) is 0 Å². The number of carbonyl (C=O) groups excluding carboxylic acids is 2. The average Bonchev–Trinajstić information content (AvgIpc) is 2.53. The van der Waals surface area contributed by atoms with Crippen LogP contribution in [0.5, 0.6) is 5.75 Å². The molecule has 1 unspecified atom stereocenters. The van der Waals surface area contributed by atoms with Gasteiger partial charge in [0.15, 0.2) is 0 Å². The van der Waals surface area contributed by atoms with Crippen LogP contribution in [-0.4, -0.2) is 54.8 Å². The minimum Gasteiger partial charge on any atom is -0.491 e. The van der Waals surface area contributed by atoms with Crippen LogP contribution in [0.15, 0.2) is 24.3 Å². The van der Waals surface area contributed by atoms with Crippen LogP contribution >= 0.6 is 0 Å². The highest BCUT2D eigenvalue weighted by Gasteiger charge is 2.22. The van der Waals surface area contributed by atoms with E-state index in [2.05, 4.69) is 4.74 Å². The Balaban J connectivity index is 2.82. The molecule has 1 N–H and O–H groups in total. The zero-order valence-electron chi connectivity index (χ0n) is 14.1. The van der Waals surface area contributed by atoms with E-state index >= 15 is 0 Å². The van der Waals surface area contributed by atoms with Crippen molar-refractivity contribution >= 4 is 11.9 Å². The van der Waals surface area contributed by atoms with E-state index < -0.39 is 5.92 Å². The molecule has 1 amide bonds. The van der Waals surface area contributed by atoms with E-state index in [0.717, 1.165) is 0 Å². The van der Waals surface area contributed by atoms with Crippen LogP contribution < -0.4 is 4.74 Å². The van der Waals surface area contributed by atoms with Crippen LogP contribution in [-0.2, 0) is 9.53 Å². The molecule has 0 spiro atoms. The normalized spacial score (nSPS) is 11.9. The third kappa shape index (κ3) is 5.90. The summed E-state index contributed by atoms with van der Waals surface area (Å²) in [7, 11) is 1.31. The molecule has 0 aliphatic heterocycles. The molecule has 0 aliphatic carbocycles. The van der Waals surface area contributed by atoms with Crippen molar-refractivity contribution in [3.63, 3.8) is 0 Å². The van der Waals surface area contributed by atoms with E-state index in [1.54, 1.807) is 31.2 Å². The van der Waals surface area contributed by atoms with Crippen molar-refractivity contribution in [3.05, 3.63) is 29.8 Å². The summed E-state index contributed by atoms with van der Waals surface area (Å²) in [5.41, 5.74) is 0.478. The first-order chi connectivity index (χ1) is 10.9. The van der Waals surface area contributed by atoms with Gasteiger partial charge >= 0.3 is 5.97 Å². The van der Waals surface area contributed by atoms with Gasteiger partial charge in [-0.1, -0.05) is 6.92 Å². The molecule has 0 aliphatic rings. The maximum atomic E-state index is 12.5. The molecule has 0 radical (unpaired) electrons. The predicted molar refractivity (Wildman–Crippen MR) is 86.4 cm³/mol. The molecule has 1 aromatic rings. The number of hydrogen-bond donors (Lipinski definition) is 1. The summed E-state index contributed by atoms with van der Waals surface area (Å²) in [5.74, 6) is -0.403. The van der Waals surface area contributed by atoms with Crippen LogP contribution in [0.25, 0.3) is 0 Å². The molecule has 23 heavy (non-hydrogen) atoms. The Morgan fingerprint density at radius 2 is 1.78 bits per heavy atom. The van der Waals surface area contributed by atoms with Crippen LogP contribution in [0, 0.1) is 5.92 Å². The largest absolute Gasteiger partial charge is 0.491 e. The van der Waals surface area contributed by atoms with E-state index in [-0.39, 0.29) is 37.7 Å². The molecule has 1 rings (SSSR count). The SMILES string of the molecule is COC(=O)C(C)CN(CCO)C(=O)c1ccc(OC(C)C)cc1. The Kier molecular flexibility index (Phi) is 7.54. The van der Waals surface area contributed by atoms with Gasteiger partial charge in [-0.05, 0) is 38.1 Å². The van der Waals surface area contributed by atoms with Gasteiger partial charge in [-0.3, -0.25) is 9.59 Å². The first-order valence-electron chi connectivity index (χ1n) is 7.63. The fraction of sp³-hybridized carbons (Fsp3) is 0.529. The van der Waals surface area contributed by atoms with E-state index in [1.807, 2.05) is 13.8 Å². The van der Waals surface area contributed by atoms with Gasteiger partial charge in [0.1, 0.15) is 5.75 Å². The molecular weight excluding hydrogens is 298 g/mol. The van der Waals surface area contributed by atoms with Crippen molar-refractivity contribution in [1.82, 2.24) is 4.90 Å². The van der Waals surface area contributed by atoms with Crippen molar-refractivity contribution < 1.29 is 24.2 Å². The van der Waals surface area contributed by atoms with Gasteiger partial charge in [0, 0.05) is 18.7 Å². The van der Waals surface area contributed by atoms with E-state index in [9.17, 15) is 9.59 Å². The highest BCUT2D eigenvalue weighted by Crippen LogP contribution is 2.16. The summed E-state index contributed by atoms with van der Waals surface area (Å²) in [5, 5.41) is 9.15. The monoisotopic (exact) mass is 323 g/mol. The second kappa shape index (κ2) is 9.15. The number of carbonyl (C=O) groups is 2. The predicted octanol–water partition coefficient (Wildman–Crippen LogP) is 1.72. The van der Waals surface area contributed by atoms with Crippen molar-refractivity contribution in [3.8, 4) is 5.75 Å². The number of amides is 1. The Morgan fingerprint density at radius 3 is 2.26 bits per heavy atom. The van der Waals surface area contributed by atoms with Crippen molar-refractivity contribution in [2.45, 2.75) is 26.9 Å². The molecule has 1 aromatic carbocycles. The minimum atomic E-state index is -0.459. The standard InChI is InChI=1S/C17H25NO5/c1-12(2)23-15-7-5-14(6-8-15)16(20)18(9-10-19)11-13(3)17(21)22-4/h5-8,12-13,19H,9-11H2,1-4H3. The number of aliphatic hydroxyl groups excluding tert-OH is 1. The number of esters is 1. The molecular formula is C17H25NO5. The van der Waals surface area contributed by atoms with Gasteiger partial charge in [0.05, 0.1) is 25.7 Å². The van der Waals surface area contributed by atoms with Crippen LogP contribution in [0.1, 0.15) is 31.1 Å². The molecule has 6 heteroatoms. The van der Waals surface area contributed by atoms with Crippen molar-refractivity contribution in [2.75, 3.05) is 26.8 Å². The summed E-state index contributed by atoms with van der Waals surface area (Å²) in [6.07, 6.45) is 0.0587. The van der Waals surface area contributed by atoms with E-state index in [1.165, 1.54) is 12.0 Å². The highest BCUT2D eigenvalue weighted by molar-refractivity contribution is 5.94. The quantitative estimate of drug-likeness (QED) is 0.737. The highest BCUT2D eigenvalue weighted by atomic mass is 16.5. The fourth-order valence-corrected chi connectivity index (χ4v) is 2.13. The van der Waals surface area contributed by atoms with Gasteiger partial charge in [0.2, 0.25) is 0 Å². The lowest BCUT2D eigenvalue weighted by molar-refractivity contribution is -0.145. The topological polar surface area (TPSA) is 76.1 Å². The Labute approximate surface area is 137 Å². The second-order valence-corrected chi connectivity index (χ2v) is 5.59. The lowest BCUT2D eigenvalue weighted by Gasteiger charge is -2.24. The molecule has 1 atom stereocenters. The van der Waals surface area contributed by atoms with Gasteiger partial charge in [0.25, 0.3) is 5.91 Å². The Morgan fingerprint density at radius 1 is 1.17 bits per heavy atom. The Hall–Kier alpha value is -2.08. The summed E-state index contributed by atoms with van der Waals surface area (Å²) < 4.78 is 10.2. The number of methoxy groups -OCH3 is 1. The molecule has 0 aromatic heterocycles. The van der Waals surface area contributed by atoms with Gasteiger partial charge in [-0.2, -0.15) is 0 Å². The number of nitrogens with zero attached hydrogens (tertiary/aromatic N) is 1. The molecule has 0 bridgehead atoms. The van der Waals surface area contributed by atoms with E-state index in [4.69, 9.17) is 9.84 Å². The number of aliphatic hydroxyl groups is 1. The number of benzene rings is 1. The van der Waals surface area contributed by atoms with Crippen molar-refractivity contribution in [1.29, 1.82) is 0 Å². The molecule has 0 fully saturated rings. The molecule has 0 heterocycles. The first-order valence-corrected chi connectivity index (χ1v) is 7.63. The first kappa shape index (κ1) is 19.0. The second-order valence-electron chi connectivity index (χ2n) is 5.59. The smallest absolute Gasteiger partial charge is 0.310 e. The van der Waals surface area contributed by atoms with Crippen molar-refractivity contribution in [2.24, 2.45) is 5.92 Å². The molecule has 0 saturated carbocycles. The lowest BCUT2D eigenvalue weighted by Crippen LogP contribution is -2.39.